The molecule has 0 spiro atoms. The maximum Gasteiger partial charge on any atom is 0.177 e. The van der Waals surface area contributed by atoms with Crippen LogP contribution in [0.5, 0.6) is 0 Å². The van der Waals surface area contributed by atoms with Crippen LogP contribution in [0.25, 0.3) is 0 Å². The van der Waals surface area contributed by atoms with E-state index in [9.17, 15) is 18.8 Å². The zero-order valence-electron chi connectivity index (χ0n) is 12.4. The summed E-state index contributed by atoms with van der Waals surface area (Å²) in [5.74, 6) is -1.64. The monoisotopic (exact) mass is 342 g/mol. The van der Waals surface area contributed by atoms with Gasteiger partial charge in [-0.25, -0.2) is 8.78 Å². The molecule has 6 heteroatoms. The van der Waals surface area contributed by atoms with Crippen molar-refractivity contribution in [2.75, 3.05) is 0 Å². The van der Waals surface area contributed by atoms with Crippen LogP contribution in [-0.4, -0.2) is 11.0 Å². The number of allylic oxidation sites excluding steroid dienone is 1. The number of hydrogen-bond donors (Lipinski definition) is 1. The lowest BCUT2D eigenvalue weighted by Gasteiger charge is -2.19. The van der Waals surface area contributed by atoms with E-state index in [4.69, 9.17) is 5.73 Å². The van der Waals surface area contributed by atoms with Crippen molar-refractivity contribution in [2.45, 2.75) is 11.2 Å². The highest BCUT2D eigenvalue weighted by atomic mass is 32.2. The molecular weight excluding hydrogens is 330 g/mol. The molecule has 2 aromatic rings. The van der Waals surface area contributed by atoms with E-state index in [2.05, 4.69) is 6.07 Å². The first-order chi connectivity index (χ1) is 11.5. The first kappa shape index (κ1) is 16.2. The Morgan fingerprint density at radius 1 is 1.04 bits per heavy atom. The Labute approximate surface area is 141 Å². The number of hydrogen-bond acceptors (Lipinski definition) is 4. The third-order valence-corrected chi connectivity index (χ3v) is 5.08. The summed E-state index contributed by atoms with van der Waals surface area (Å²) >= 11 is 1.11. The molecule has 2 atom stereocenters. The van der Waals surface area contributed by atoms with E-state index >= 15 is 0 Å². The van der Waals surface area contributed by atoms with Gasteiger partial charge in [-0.1, -0.05) is 23.9 Å². The maximum absolute atomic E-state index is 13.2. The van der Waals surface area contributed by atoms with Crippen molar-refractivity contribution in [1.29, 1.82) is 5.26 Å². The number of rotatable bonds is 3. The molecule has 1 heterocycles. The number of nitrogens with zero attached hydrogens (tertiary/aromatic N) is 1. The highest BCUT2D eigenvalue weighted by Gasteiger charge is 2.40. The number of benzene rings is 2. The van der Waals surface area contributed by atoms with Crippen LogP contribution >= 0.6 is 11.8 Å². The lowest BCUT2D eigenvalue weighted by Crippen LogP contribution is -2.23. The second-order valence-electron chi connectivity index (χ2n) is 5.33. The Kier molecular flexibility index (Phi) is 4.36. The predicted molar refractivity (Wildman–Crippen MR) is 88.1 cm³/mol. The Hall–Kier alpha value is -2.65. The summed E-state index contributed by atoms with van der Waals surface area (Å²) < 4.78 is 26.2. The molecule has 1 aliphatic rings. The summed E-state index contributed by atoms with van der Waals surface area (Å²) in [5.41, 5.74) is 7.19. The predicted octanol–water partition coefficient (Wildman–Crippen LogP) is 3.74. The van der Waals surface area contributed by atoms with Crippen LogP contribution in [0.15, 0.2) is 59.1 Å². The average Bonchev–Trinajstić information content (AvgIpc) is 2.92. The number of carbonyl (C=O) groups is 1. The number of thioether (sulfide) groups is 1. The van der Waals surface area contributed by atoms with Crippen LogP contribution in [-0.2, 0) is 0 Å². The van der Waals surface area contributed by atoms with Crippen LogP contribution in [0.3, 0.4) is 0 Å². The molecule has 0 bridgehead atoms. The summed E-state index contributed by atoms with van der Waals surface area (Å²) in [7, 11) is 0. The molecule has 24 heavy (non-hydrogen) atoms. The Balaban J connectivity index is 2.00. The van der Waals surface area contributed by atoms with Gasteiger partial charge in [0.05, 0.1) is 21.9 Å². The van der Waals surface area contributed by atoms with Gasteiger partial charge in [-0.05, 0) is 42.0 Å². The van der Waals surface area contributed by atoms with Crippen LogP contribution < -0.4 is 5.73 Å². The van der Waals surface area contributed by atoms with Gasteiger partial charge in [-0.15, -0.1) is 0 Å². The standard InChI is InChI=1S/C18H12F2N2OS/c19-12-5-1-10(2-6-12)15-14(9-21)18(22)24-17(15)16(23)11-3-7-13(20)8-4-11/h1-8,15,17H,22H2/t15-,17-/m0/s1. The van der Waals surface area contributed by atoms with Crippen molar-refractivity contribution >= 4 is 17.5 Å². The fourth-order valence-corrected chi connectivity index (χ4v) is 3.94. The van der Waals surface area contributed by atoms with Crippen LogP contribution in [0.2, 0.25) is 0 Å². The first-order valence-corrected chi connectivity index (χ1v) is 8.01. The Bertz CT molecular complexity index is 854. The van der Waals surface area contributed by atoms with E-state index < -0.39 is 22.8 Å². The second kappa shape index (κ2) is 6.46. The third kappa shape index (κ3) is 2.91. The van der Waals surface area contributed by atoms with Gasteiger partial charge in [-0.3, -0.25) is 4.79 Å². The smallest absolute Gasteiger partial charge is 0.177 e. The Morgan fingerprint density at radius 3 is 2.12 bits per heavy atom. The van der Waals surface area contributed by atoms with E-state index in [1.165, 1.54) is 36.4 Å². The zero-order chi connectivity index (χ0) is 17.3. The van der Waals surface area contributed by atoms with E-state index in [-0.39, 0.29) is 10.8 Å². The van der Waals surface area contributed by atoms with Gasteiger partial charge in [0.25, 0.3) is 0 Å². The molecule has 3 nitrogen and oxygen atoms in total. The molecule has 1 aliphatic heterocycles. The molecule has 0 fully saturated rings. The molecule has 3 rings (SSSR count). The van der Waals surface area contributed by atoms with Crippen molar-refractivity contribution < 1.29 is 13.6 Å². The molecule has 0 saturated carbocycles. The minimum Gasteiger partial charge on any atom is -0.393 e. The van der Waals surface area contributed by atoms with Gasteiger partial charge in [0, 0.05) is 11.5 Å². The molecule has 0 aromatic heterocycles. The van der Waals surface area contributed by atoms with E-state index in [0.29, 0.717) is 16.7 Å². The van der Waals surface area contributed by atoms with E-state index in [1.54, 1.807) is 12.1 Å². The van der Waals surface area contributed by atoms with Crippen molar-refractivity contribution in [3.05, 3.63) is 81.9 Å². The minimum absolute atomic E-state index is 0.248. The molecule has 0 aliphatic carbocycles. The summed E-state index contributed by atoms with van der Waals surface area (Å²) in [4.78, 5) is 12.8. The van der Waals surface area contributed by atoms with Gasteiger partial charge >= 0.3 is 0 Å². The number of Topliss-reactive ketones (excluding diaryl/α,β-unsaturated/α-hetero) is 1. The van der Waals surface area contributed by atoms with Gasteiger partial charge < -0.3 is 5.73 Å². The normalized spacial score (nSPS) is 20.0. The van der Waals surface area contributed by atoms with Gasteiger partial charge in [0.15, 0.2) is 5.78 Å². The molecule has 0 radical (unpaired) electrons. The third-order valence-electron chi connectivity index (χ3n) is 3.87. The summed E-state index contributed by atoms with van der Waals surface area (Å²) in [6.07, 6.45) is 0. The van der Waals surface area contributed by atoms with Gasteiger partial charge in [0.1, 0.15) is 11.6 Å². The van der Waals surface area contributed by atoms with Crippen molar-refractivity contribution in [3.8, 4) is 6.07 Å². The lowest BCUT2D eigenvalue weighted by atomic mass is 9.86. The highest BCUT2D eigenvalue weighted by Crippen LogP contribution is 2.46. The topological polar surface area (TPSA) is 66.9 Å². The molecular formula is C18H12F2N2OS. The van der Waals surface area contributed by atoms with Gasteiger partial charge in [-0.2, -0.15) is 5.26 Å². The maximum atomic E-state index is 13.2. The van der Waals surface area contributed by atoms with Crippen molar-refractivity contribution in [2.24, 2.45) is 5.73 Å². The molecule has 120 valence electrons. The largest absolute Gasteiger partial charge is 0.393 e. The fraction of sp³-hybridized carbons (Fsp3) is 0.111. The number of halogens is 2. The minimum atomic E-state index is -0.643. The Morgan fingerprint density at radius 2 is 1.58 bits per heavy atom. The fourth-order valence-electron chi connectivity index (χ4n) is 2.69. The molecule has 2 N–H and O–H groups in total. The summed E-state index contributed by atoms with van der Waals surface area (Å²) in [6.45, 7) is 0. The van der Waals surface area contributed by atoms with Crippen LogP contribution in [0.1, 0.15) is 21.8 Å². The molecule has 0 amide bonds. The molecule has 2 aromatic carbocycles. The highest BCUT2D eigenvalue weighted by molar-refractivity contribution is 8.04. The lowest BCUT2D eigenvalue weighted by molar-refractivity contribution is 0.0985. The zero-order valence-corrected chi connectivity index (χ0v) is 13.2. The quantitative estimate of drug-likeness (QED) is 0.863. The number of carbonyl (C=O) groups excluding carboxylic acids is 1. The molecule has 0 saturated heterocycles. The van der Waals surface area contributed by atoms with Crippen LogP contribution in [0.4, 0.5) is 8.78 Å². The van der Waals surface area contributed by atoms with E-state index in [1.807, 2.05) is 0 Å². The summed E-state index contributed by atoms with van der Waals surface area (Å²) in [6, 6.07) is 12.9. The van der Waals surface area contributed by atoms with Crippen LogP contribution in [0, 0.1) is 23.0 Å². The second-order valence-corrected chi connectivity index (χ2v) is 6.51. The van der Waals surface area contributed by atoms with Crippen molar-refractivity contribution in [1.82, 2.24) is 0 Å². The number of nitrogens with two attached hydrogens (primary N) is 1. The first-order valence-electron chi connectivity index (χ1n) is 7.13. The number of ketones is 1. The molecule has 0 unspecified atom stereocenters. The summed E-state index contributed by atoms with van der Waals surface area (Å²) in [5, 5.41) is 9.03. The SMILES string of the molecule is N#CC1=C(N)S[C@H](C(=O)c2ccc(F)cc2)[C@H]1c1ccc(F)cc1. The van der Waals surface area contributed by atoms with E-state index in [0.717, 1.165) is 11.8 Å². The van der Waals surface area contributed by atoms with Crippen molar-refractivity contribution in [3.63, 3.8) is 0 Å². The average molecular weight is 342 g/mol. The van der Waals surface area contributed by atoms with Gasteiger partial charge in [0.2, 0.25) is 0 Å². The number of nitriles is 1.